The van der Waals surface area contributed by atoms with Gasteiger partial charge in [-0.3, -0.25) is 13.9 Å². The Morgan fingerprint density at radius 1 is 0.900 bits per heavy atom. The summed E-state index contributed by atoms with van der Waals surface area (Å²) in [7, 11) is -3.95. The number of carbonyl (C=O) groups is 2. The summed E-state index contributed by atoms with van der Waals surface area (Å²) >= 11 is 18.6. The van der Waals surface area contributed by atoms with Gasteiger partial charge in [0, 0.05) is 29.6 Å². The fourth-order valence-corrected chi connectivity index (χ4v) is 5.81. The smallest absolute Gasteiger partial charge is 0.244 e. The monoisotopic (exact) mass is 623 g/mol. The molecule has 7 nitrogen and oxygen atoms in total. The minimum atomic E-state index is -3.95. The van der Waals surface area contributed by atoms with Crippen LogP contribution in [-0.2, 0) is 32.6 Å². The number of benzene rings is 3. The van der Waals surface area contributed by atoms with Crippen LogP contribution in [0.3, 0.4) is 0 Å². The Labute approximate surface area is 251 Å². The molecule has 3 rings (SSSR count). The van der Waals surface area contributed by atoms with Gasteiger partial charge < -0.3 is 10.2 Å². The number of sulfonamides is 1. The van der Waals surface area contributed by atoms with Crippen molar-refractivity contribution in [3.8, 4) is 0 Å². The zero-order chi connectivity index (χ0) is 29.3. The number of unbranched alkanes of at least 4 members (excludes halogenated alkanes) is 1. The molecule has 0 unspecified atom stereocenters. The van der Waals surface area contributed by atoms with Gasteiger partial charge in [-0.15, -0.1) is 0 Å². The maximum atomic E-state index is 14.0. The fraction of sp³-hybridized carbons (Fsp3) is 0.310. The van der Waals surface area contributed by atoms with Crippen molar-refractivity contribution in [1.82, 2.24) is 10.2 Å². The summed E-state index contributed by atoms with van der Waals surface area (Å²) in [5.41, 5.74) is 1.65. The standard InChI is InChI=1S/C29H32Cl3N3O4S/c1-3-4-15-33-29(37)27(17-21-9-6-5-7-10-21)34(19-22-11-8-12-23(30)16-22)28(36)20-35(40(2,38)39)26-14-13-24(31)18-25(26)32/h5-14,16,18,27H,3-4,15,17,19-20H2,1-2H3,(H,33,37)/t27-/m1/s1. The lowest BCUT2D eigenvalue weighted by molar-refractivity contribution is -0.140. The molecular weight excluding hydrogens is 593 g/mol. The van der Waals surface area contributed by atoms with Crippen LogP contribution >= 0.6 is 34.8 Å². The second kappa shape index (κ2) is 14.7. The minimum Gasteiger partial charge on any atom is -0.354 e. The molecule has 0 saturated carbocycles. The number of nitrogens with zero attached hydrogens (tertiary/aromatic N) is 2. The van der Waals surface area contributed by atoms with E-state index >= 15 is 0 Å². The zero-order valence-corrected chi connectivity index (χ0v) is 25.4. The van der Waals surface area contributed by atoms with Crippen LogP contribution < -0.4 is 9.62 Å². The number of carbonyl (C=O) groups excluding carboxylic acids is 2. The van der Waals surface area contributed by atoms with Crippen LogP contribution in [0, 0.1) is 0 Å². The predicted molar refractivity (Wildman–Crippen MR) is 163 cm³/mol. The second-order valence-corrected chi connectivity index (χ2v) is 12.6. The molecule has 0 saturated heterocycles. The van der Waals surface area contributed by atoms with Gasteiger partial charge in [0.1, 0.15) is 12.6 Å². The third-order valence-electron chi connectivity index (χ3n) is 6.20. The number of nitrogens with one attached hydrogen (secondary N) is 1. The van der Waals surface area contributed by atoms with E-state index in [9.17, 15) is 18.0 Å². The van der Waals surface area contributed by atoms with Crippen molar-refractivity contribution >= 4 is 62.3 Å². The number of anilines is 1. The molecule has 2 amide bonds. The molecular formula is C29H32Cl3N3O4S. The lowest BCUT2D eigenvalue weighted by atomic mass is 10.0. The highest BCUT2D eigenvalue weighted by molar-refractivity contribution is 7.92. The second-order valence-electron chi connectivity index (χ2n) is 9.37. The molecule has 40 heavy (non-hydrogen) atoms. The average molecular weight is 625 g/mol. The maximum absolute atomic E-state index is 14.0. The molecule has 0 aliphatic carbocycles. The summed E-state index contributed by atoms with van der Waals surface area (Å²) in [6.45, 7) is 1.93. The number of hydrogen-bond donors (Lipinski definition) is 1. The lowest BCUT2D eigenvalue weighted by Gasteiger charge is -2.33. The van der Waals surface area contributed by atoms with E-state index in [2.05, 4.69) is 5.32 Å². The van der Waals surface area contributed by atoms with Gasteiger partial charge >= 0.3 is 0 Å². The average Bonchev–Trinajstić information content (AvgIpc) is 2.89. The summed E-state index contributed by atoms with van der Waals surface area (Å²) in [5, 5.41) is 3.81. The highest BCUT2D eigenvalue weighted by Gasteiger charge is 2.33. The van der Waals surface area contributed by atoms with Crippen LogP contribution in [0.1, 0.15) is 30.9 Å². The van der Waals surface area contributed by atoms with E-state index < -0.39 is 28.5 Å². The number of amides is 2. The van der Waals surface area contributed by atoms with Gasteiger partial charge in [0.05, 0.1) is 17.0 Å². The van der Waals surface area contributed by atoms with E-state index in [0.717, 1.165) is 29.0 Å². The first-order valence-corrected chi connectivity index (χ1v) is 15.8. The highest BCUT2D eigenvalue weighted by Crippen LogP contribution is 2.30. The van der Waals surface area contributed by atoms with Gasteiger partial charge in [0.15, 0.2) is 0 Å². The topological polar surface area (TPSA) is 86.8 Å². The van der Waals surface area contributed by atoms with E-state index in [0.29, 0.717) is 22.2 Å². The third kappa shape index (κ3) is 9.13. The Morgan fingerprint density at radius 3 is 2.20 bits per heavy atom. The first-order valence-electron chi connectivity index (χ1n) is 12.8. The maximum Gasteiger partial charge on any atom is 0.244 e. The van der Waals surface area contributed by atoms with Crippen LogP contribution in [0.4, 0.5) is 5.69 Å². The Kier molecular flexibility index (Phi) is 11.7. The highest BCUT2D eigenvalue weighted by atomic mass is 35.5. The molecule has 0 bridgehead atoms. The summed E-state index contributed by atoms with van der Waals surface area (Å²) in [5.74, 6) is -0.911. The predicted octanol–water partition coefficient (Wildman–Crippen LogP) is 5.97. The van der Waals surface area contributed by atoms with Crippen molar-refractivity contribution in [2.75, 3.05) is 23.7 Å². The van der Waals surface area contributed by atoms with Crippen molar-refractivity contribution in [2.45, 2.75) is 38.8 Å². The molecule has 3 aromatic carbocycles. The van der Waals surface area contributed by atoms with Crippen LogP contribution in [0.2, 0.25) is 15.1 Å². The Hall–Kier alpha value is -2.78. The molecule has 1 atom stereocenters. The molecule has 3 aromatic rings. The minimum absolute atomic E-state index is 0.0318. The number of rotatable bonds is 13. The van der Waals surface area contributed by atoms with Crippen molar-refractivity contribution in [2.24, 2.45) is 0 Å². The van der Waals surface area contributed by atoms with E-state index in [4.69, 9.17) is 34.8 Å². The molecule has 0 fully saturated rings. The molecule has 0 radical (unpaired) electrons. The summed E-state index contributed by atoms with van der Waals surface area (Å²) < 4.78 is 26.7. The van der Waals surface area contributed by atoms with E-state index in [1.54, 1.807) is 24.3 Å². The first-order chi connectivity index (χ1) is 19.0. The van der Waals surface area contributed by atoms with Crippen molar-refractivity contribution < 1.29 is 18.0 Å². The van der Waals surface area contributed by atoms with Crippen LogP contribution in [0.15, 0.2) is 72.8 Å². The van der Waals surface area contributed by atoms with Gasteiger partial charge in [-0.2, -0.15) is 0 Å². The largest absolute Gasteiger partial charge is 0.354 e. The number of halogens is 3. The Bertz CT molecular complexity index is 1420. The van der Waals surface area contributed by atoms with Crippen molar-refractivity contribution in [3.63, 3.8) is 0 Å². The summed E-state index contributed by atoms with van der Waals surface area (Å²) in [6, 6.07) is 19.7. The van der Waals surface area contributed by atoms with E-state index in [-0.39, 0.29) is 29.6 Å². The van der Waals surface area contributed by atoms with Gasteiger partial charge in [-0.1, -0.05) is 90.6 Å². The van der Waals surface area contributed by atoms with E-state index in [1.165, 1.54) is 23.1 Å². The molecule has 0 aliphatic rings. The van der Waals surface area contributed by atoms with Crippen LogP contribution in [-0.4, -0.2) is 50.5 Å². The molecule has 214 valence electrons. The Balaban J connectivity index is 2.05. The molecule has 0 aromatic heterocycles. The van der Waals surface area contributed by atoms with Crippen LogP contribution in [0.25, 0.3) is 0 Å². The lowest BCUT2D eigenvalue weighted by Crippen LogP contribution is -2.53. The van der Waals surface area contributed by atoms with Gasteiger partial charge in [-0.05, 0) is 47.9 Å². The number of hydrogen-bond acceptors (Lipinski definition) is 4. The molecule has 0 spiro atoms. The molecule has 1 N–H and O–H groups in total. The van der Waals surface area contributed by atoms with Gasteiger partial charge in [-0.25, -0.2) is 8.42 Å². The quantitative estimate of drug-likeness (QED) is 0.238. The normalized spacial score (nSPS) is 12.0. The van der Waals surface area contributed by atoms with Gasteiger partial charge in [0.25, 0.3) is 0 Å². The fourth-order valence-electron chi connectivity index (χ4n) is 4.17. The van der Waals surface area contributed by atoms with Gasteiger partial charge in [0.2, 0.25) is 21.8 Å². The van der Waals surface area contributed by atoms with Crippen molar-refractivity contribution in [1.29, 1.82) is 0 Å². The SMILES string of the molecule is CCCCNC(=O)[C@@H](Cc1ccccc1)N(Cc1cccc(Cl)c1)C(=O)CN(c1ccc(Cl)cc1Cl)S(C)(=O)=O. The summed E-state index contributed by atoms with van der Waals surface area (Å²) in [4.78, 5) is 29.0. The van der Waals surface area contributed by atoms with Crippen molar-refractivity contribution in [3.05, 3.63) is 99.0 Å². The van der Waals surface area contributed by atoms with E-state index in [1.807, 2.05) is 37.3 Å². The first kappa shape index (κ1) is 31.7. The molecule has 0 aliphatic heterocycles. The third-order valence-corrected chi connectivity index (χ3v) is 8.10. The Morgan fingerprint density at radius 2 is 1.57 bits per heavy atom. The molecule has 0 heterocycles. The molecule has 11 heteroatoms. The van der Waals surface area contributed by atoms with Crippen LogP contribution in [0.5, 0.6) is 0 Å². The zero-order valence-electron chi connectivity index (χ0n) is 22.3. The summed E-state index contributed by atoms with van der Waals surface area (Å²) in [6.07, 6.45) is 2.89.